The normalized spacial score (nSPS) is 9.83. The second kappa shape index (κ2) is 3.40. The highest BCUT2D eigenvalue weighted by Crippen LogP contribution is 2.34. The lowest BCUT2D eigenvalue weighted by atomic mass is 10.3. The molecular weight excluding hydrogens is 294 g/mol. The summed E-state index contributed by atoms with van der Waals surface area (Å²) in [7, 11) is 0. The van der Waals surface area contributed by atoms with Gasteiger partial charge in [-0.25, -0.2) is 0 Å². The van der Waals surface area contributed by atoms with Gasteiger partial charge in [0.15, 0.2) is 5.75 Å². The van der Waals surface area contributed by atoms with Gasteiger partial charge in [-0.2, -0.15) is 0 Å². The maximum atomic E-state index is 10.3. The highest BCUT2D eigenvalue weighted by Gasteiger charge is 2.15. The molecule has 1 rings (SSSR count). The van der Waals surface area contributed by atoms with E-state index in [0.29, 0.717) is 8.95 Å². The Hall–Kier alpha value is -0.620. The van der Waals surface area contributed by atoms with Crippen LogP contribution in [0, 0.1) is 10.1 Å². The number of halogens is 2. The van der Waals surface area contributed by atoms with Crippen LogP contribution in [0.5, 0.6) is 5.75 Å². The number of nitro benzene ring substituents is 1. The third kappa shape index (κ3) is 1.75. The molecule has 0 radical (unpaired) electrons. The van der Waals surface area contributed by atoms with Crippen LogP contribution >= 0.6 is 31.9 Å². The van der Waals surface area contributed by atoms with Crippen molar-refractivity contribution >= 4 is 37.5 Å². The van der Waals surface area contributed by atoms with Crippen molar-refractivity contribution in [2.24, 2.45) is 0 Å². The molecule has 0 saturated carbocycles. The van der Waals surface area contributed by atoms with Crippen LogP contribution in [0.15, 0.2) is 21.1 Å². The Kier molecular flexibility index (Phi) is 2.69. The van der Waals surface area contributed by atoms with Crippen LogP contribution in [0.25, 0.3) is 0 Å². The standard InChI is InChI=1S/C6H3Br2NO3/c7-3-1-5(9(11)12)6(10)2-4(3)8/h1-2,10H. The fourth-order valence-electron chi connectivity index (χ4n) is 0.672. The van der Waals surface area contributed by atoms with E-state index < -0.39 is 4.92 Å². The molecule has 0 aromatic heterocycles. The van der Waals surface area contributed by atoms with Crippen LogP contribution in [-0.4, -0.2) is 10.0 Å². The number of phenols is 1. The molecule has 12 heavy (non-hydrogen) atoms. The largest absolute Gasteiger partial charge is 0.502 e. The van der Waals surface area contributed by atoms with E-state index in [1.165, 1.54) is 12.1 Å². The van der Waals surface area contributed by atoms with Gasteiger partial charge in [0.05, 0.1) is 4.92 Å². The van der Waals surface area contributed by atoms with Gasteiger partial charge in [-0.15, -0.1) is 0 Å². The maximum absolute atomic E-state index is 10.3. The molecule has 1 aromatic carbocycles. The lowest BCUT2D eigenvalue weighted by Gasteiger charge is -1.98. The lowest BCUT2D eigenvalue weighted by Crippen LogP contribution is -1.88. The Bertz CT molecular complexity index is 340. The molecule has 0 atom stereocenters. The number of nitrogens with zero attached hydrogens (tertiary/aromatic N) is 1. The number of hydrogen-bond donors (Lipinski definition) is 1. The first-order valence-electron chi connectivity index (χ1n) is 2.85. The zero-order valence-electron chi connectivity index (χ0n) is 5.62. The predicted molar refractivity (Wildman–Crippen MR) is 50.2 cm³/mol. The summed E-state index contributed by atoms with van der Waals surface area (Å²) in [5, 5.41) is 19.4. The summed E-state index contributed by atoms with van der Waals surface area (Å²) < 4.78 is 1.11. The minimum absolute atomic E-state index is 0.315. The Balaban J connectivity index is 3.33. The molecule has 0 saturated heterocycles. The average molecular weight is 297 g/mol. The van der Waals surface area contributed by atoms with Gasteiger partial charge >= 0.3 is 5.69 Å². The Morgan fingerprint density at radius 3 is 2.33 bits per heavy atom. The first-order chi connectivity index (χ1) is 5.52. The van der Waals surface area contributed by atoms with E-state index in [9.17, 15) is 10.1 Å². The van der Waals surface area contributed by atoms with Crippen LogP contribution in [0.3, 0.4) is 0 Å². The molecule has 0 bridgehead atoms. The molecule has 0 fully saturated rings. The van der Waals surface area contributed by atoms with Crippen LogP contribution < -0.4 is 0 Å². The number of aromatic hydroxyl groups is 1. The van der Waals surface area contributed by atoms with Crippen LogP contribution in [0.1, 0.15) is 0 Å². The van der Waals surface area contributed by atoms with Crippen LogP contribution in [0.4, 0.5) is 5.69 Å². The van der Waals surface area contributed by atoms with E-state index in [0.717, 1.165) is 0 Å². The van der Waals surface area contributed by atoms with Crippen molar-refractivity contribution in [1.82, 2.24) is 0 Å². The van der Waals surface area contributed by atoms with E-state index in [-0.39, 0.29) is 11.4 Å². The summed E-state index contributed by atoms with van der Waals surface area (Å²) in [5.74, 6) is -0.352. The van der Waals surface area contributed by atoms with E-state index in [1.54, 1.807) is 0 Å². The van der Waals surface area contributed by atoms with Gasteiger partial charge in [-0.05, 0) is 31.9 Å². The molecule has 1 aromatic rings. The van der Waals surface area contributed by atoms with Crippen molar-refractivity contribution in [3.8, 4) is 5.75 Å². The van der Waals surface area contributed by atoms with Crippen molar-refractivity contribution in [3.05, 3.63) is 31.2 Å². The van der Waals surface area contributed by atoms with E-state index in [1.807, 2.05) is 0 Å². The molecule has 0 unspecified atom stereocenters. The third-order valence-corrected chi connectivity index (χ3v) is 3.06. The van der Waals surface area contributed by atoms with Gasteiger partial charge in [0, 0.05) is 21.1 Å². The van der Waals surface area contributed by atoms with Crippen molar-refractivity contribution in [1.29, 1.82) is 0 Å². The van der Waals surface area contributed by atoms with E-state index >= 15 is 0 Å². The van der Waals surface area contributed by atoms with Crippen molar-refractivity contribution in [2.75, 3.05) is 0 Å². The molecule has 0 aliphatic heterocycles. The second-order valence-corrected chi connectivity index (χ2v) is 3.72. The fourth-order valence-corrected chi connectivity index (χ4v) is 1.33. The second-order valence-electron chi connectivity index (χ2n) is 2.01. The highest BCUT2D eigenvalue weighted by molar-refractivity contribution is 9.13. The molecule has 1 N–H and O–H groups in total. The summed E-state index contributed by atoms with van der Waals surface area (Å²) in [6, 6.07) is 2.50. The zero-order valence-corrected chi connectivity index (χ0v) is 8.79. The smallest absolute Gasteiger partial charge is 0.311 e. The van der Waals surface area contributed by atoms with Gasteiger partial charge in [0.1, 0.15) is 0 Å². The predicted octanol–water partition coefficient (Wildman–Crippen LogP) is 2.83. The maximum Gasteiger partial charge on any atom is 0.311 e. The minimum atomic E-state index is -0.646. The Morgan fingerprint density at radius 2 is 1.83 bits per heavy atom. The molecular formula is C6H3Br2NO3. The quantitative estimate of drug-likeness (QED) is 0.640. The summed E-state index contributed by atoms with van der Waals surface area (Å²) >= 11 is 6.19. The molecule has 6 heteroatoms. The molecule has 4 nitrogen and oxygen atoms in total. The summed E-state index contributed by atoms with van der Waals surface area (Å²) in [6.07, 6.45) is 0. The molecule has 0 aliphatic rings. The molecule has 0 spiro atoms. The number of phenolic OH excluding ortho intramolecular Hbond substituents is 1. The SMILES string of the molecule is O=[N+]([O-])c1cc(Br)c(Br)cc1O. The summed E-state index contributed by atoms with van der Waals surface area (Å²) in [6.45, 7) is 0. The number of rotatable bonds is 1. The number of hydrogen-bond acceptors (Lipinski definition) is 3. The minimum Gasteiger partial charge on any atom is -0.502 e. The van der Waals surface area contributed by atoms with E-state index in [2.05, 4.69) is 31.9 Å². The molecule has 0 amide bonds. The van der Waals surface area contributed by atoms with Gasteiger partial charge < -0.3 is 5.11 Å². The first kappa shape index (κ1) is 9.47. The van der Waals surface area contributed by atoms with Crippen LogP contribution in [-0.2, 0) is 0 Å². The zero-order chi connectivity index (χ0) is 9.30. The fraction of sp³-hybridized carbons (Fsp3) is 0. The topological polar surface area (TPSA) is 63.4 Å². The van der Waals surface area contributed by atoms with Gasteiger partial charge in [-0.3, -0.25) is 10.1 Å². The highest BCUT2D eigenvalue weighted by atomic mass is 79.9. The van der Waals surface area contributed by atoms with Crippen LogP contribution in [0.2, 0.25) is 0 Å². The Labute approximate surface area is 84.6 Å². The van der Waals surface area contributed by atoms with E-state index in [4.69, 9.17) is 5.11 Å². The monoisotopic (exact) mass is 295 g/mol. The molecule has 0 aliphatic carbocycles. The van der Waals surface area contributed by atoms with Gasteiger partial charge in [0.25, 0.3) is 0 Å². The average Bonchev–Trinajstić information content (AvgIpc) is 1.96. The van der Waals surface area contributed by atoms with Crippen molar-refractivity contribution in [2.45, 2.75) is 0 Å². The van der Waals surface area contributed by atoms with Crippen molar-refractivity contribution < 1.29 is 10.0 Å². The third-order valence-electron chi connectivity index (χ3n) is 1.21. The number of benzene rings is 1. The molecule has 0 heterocycles. The van der Waals surface area contributed by atoms with Gasteiger partial charge in [-0.1, -0.05) is 0 Å². The number of nitro groups is 1. The lowest BCUT2D eigenvalue weighted by molar-refractivity contribution is -0.385. The van der Waals surface area contributed by atoms with Gasteiger partial charge in [0.2, 0.25) is 0 Å². The summed E-state index contributed by atoms with van der Waals surface area (Å²) in [4.78, 5) is 9.65. The Morgan fingerprint density at radius 1 is 1.33 bits per heavy atom. The van der Waals surface area contributed by atoms with Crippen molar-refractivity contribution in [3.63, 3.8) is 0 Å². The molecule has 64 valence electrons. The summed E-state index contributed by atoms with van der Waals surface area (Å²) in [5.41, 5.74) is -0.315. The first-order valence-corrected chi connectivity index (χ1v) is 4.43.